The Morgan fingerprint density at radius 2 is 1.85 bits per heavy atom. The topological polar surface area (TPSA) is 102 Å². The maximum absolute atomic E-state index is 12.7. The van der Waals surface area contributed by atoms with Crippen LogP contribution in [0.2, 0.25) is 5.02 Å². The van der Waals surface area contributed by atoms with E-state index in [2.05, 4.69) is 25.8 Å². The van der Waals surface area contributed by atoms with Gasteiger partial charge in [-0.1, -0.05) is 60.7 Å². The molecule has 2 aromatic heterocycles. The number of nitrogens with one attached hydrogen (secondary N) is 2. The van der Waals surface area contributed by atoms with Gasteiger partial charge in [-0.05, 0) is 42.3 Å². The molecule has 0 aliphatic heterocycles. The van der Waals surface area contributed by atoms with E-state index in [0.717, 1.165) is 10.2 Å². The van der Waals surface area contributed by atoms with Crippen molar-refractivity contribution < 1.29 is 9.59 Å². The van der Waals surface area contributed by atoms with E-state index >= 15 is 0 Å². The number of benzene rings is 2. The second kappa shape index (κ2) is 10.5. The third kappa shape index (κ3) is 5.57. The monoisotopic (exact) mass is 514 g/mol. The minimum Gasteiger partial charge on any atom is -0.342 e. The molecular weight excluding hydrogens is 492 g/mol. The van der Waals surface area contributed by atoms with Gasteiger partial charge in [0, 0.05) is 17.6 Å². The second-order valence-electron chi connectivity index (χ2n) is 7.93. The molecule has 11 heteroatoms. The molecule has 0 saturated heterocycles. The van der Waals surface area contributed by atoms with Crippen LogP contribution in [0.3, 0.4) is 0 Å². The Morgan fingerprint density at radius 3 is 2.56 bits per heavy atom. The zero-order valence-corrected chi connectivity index (χ0v) is 21.2. The van der Waals surface area contributed by atoms with E-state index < -0.39 is 0 Å². The summed E-state index contributed by atoms with van der Waals surface area (Å²) in [7, 11) is 1.83. The van der Waals surface area contributed by atoms with Gasteiger partial charge in [-0.2, -0.15) is 0 Å². The average molecular weight is 515 g/mol. The van der Waals surface area contributed by atoms with Gasteiger partial charge in [0.25, 0.3) is 5.91 Å². The van der Waals surface area contributed by atoms with Crippen molar-refractivity contribution in [1.29, 1.82) is 0 Å². The van der Waals surface area contributed by atoms with Gasteiger partial charge in [-0.25, -0.2) is 4.98 Å². The SMILES string of the molecule is CC(C)[C@H](NC(=O)c1ccc(Cl)cc1)c1nnc(SCC(=O)Nc2nc3ccccc3s2)n1C. The van der Waals surface area contributed by atoms with Gasteiger partial charge in [0.2, 0.25) is 5.91 Å². The molecule has 0 bridgehead atoms. The molecule has 0 fully saturated rings. The Bertz CT molecular complexity index is 1290. The molecule has 4 rings (SSSR count). The number of anilines is 1. The Kier molecular flexibility index (Phi) is 7.50. The summed E-state index contributed by atoms with van der Waals surface area (Å²) in [6, 6.07) is 14.1. The van der Waals surface area contributed by atoms with E-state index in [4.69, 9.17) is 11.6 Å². The Hall–Kier alpha value is -2.95. The Balaban J connectivity index is 1.40. The van der Waals surface area contributed by atoms with Crippen molar-refractivity contribution in [2.45, 2.75) is 25.0 Å². The number of halogens is 1. The molecule has 34 heavy (non-hydrogen) atoms. The number of thiazole rings is 1. The summed E-state index contributed by atoms with van der Waals surface area (Å²) in [4.78, 5) is 29.6. The summed E-state index contributed by atoms with van der Waals surface area (Å²) < 4.78 is 2.83. The lowest BCUT2D eigenvalue weighted by molar-refractivity contribution is -0.113. The van der Waals surface area contributed by atoms with Gasteiger partial charge in [0.15, 0.2) is 16.1 Å². The van der Waals surface area contributed by atoms with Gasteiger partial charge < -0.3 is 15.2 Å². The Labute approximate surface area is 210 Å². The van der Waals surface area contributed by atoms with Crippen molar-refractivity contribution in [3.8, 4) is 0 Å². The minimum atomic E-state index is -0.355. The van der Waals surface area contributed by atoms with Crippen LogP contribution in [0.5, 0.6) is 0 Å². The summed E-state index contributed by atoms with van der Waals surface area (Å²) >= 11 is 8.63. The van der Waals surface area contributed by atoms with E-state index in [1.54, 1.807) is 24.3 Å². The number of thioether (sulfide) groups is 1. The predicted octanol–water partition coefficient (Wildman–Crippen LogP) is 4.94. The minimum absolute atomic E-state index is 0.0688. The maximum Gasteiger partial charge on any atom is 0.251 e. The highest BCUT2D eigenvalue weighted by Crippen LogP contribution is 2.27. The van der Waals surface area contributed by atoms with Crippen LogP contribution in [-0.2, 0) is 11.8 Å². The fourth-order valence-electron chi connectivity index (χ4n) is 3.29. The smallest absolute Gasteiger partial charge is 0.251 e. The summed E-state index contributed by atoms with van der Waals surface area (Å²) in [5, 5.41) is 16.1. The number of carbonyl (C=O) groups excluding carboxylic acids is 2. The first-order chi connectivity index (χ1) is 16.3. The van der Waals surface area contributed by atoms with Crippen molar-refractivity contribution in [1.82, 2.24) is 25.1 Å². The molecule has 0 aliphatic rings. The van der Waals surface area contributed by atoms with Crippen LogP contribution in [0.15, 0.2) is 53.7 Å². The summed E-state index contributed by atoms with van der Waals surface area (Å²) in [6.07, 6.45) is 0. The molecule has 2 heterocycles. The summed E-state index contributed by atoms with van der Waals surface area (Å²) in [5.74, 6) is 0.448. The van der Waals surface area contributed by atoms with E-state index in [9.17, 15) is 9.59 Å². The Morgan fingerprint density at radius 1 is 1.12 bits per heavy atom. The number of amides is 2. The highest BCUT2D eigenvalue weighted by atomic mass is 35.5. The molecule has 0 unspecified atom stereocenters. The van der Waals surface area contributed by atoms with E-state index in [-0.39, 0.29) is 29.5 Å². The van der Waals surface area contributed by atoms with Gasteiger partial charge in [-0.3, -0.25) is 9.59 Å². The van der Waals surface area contributed by atoms with Crippen LogP contribution in [-0.4, -0.2) is 37.3 Å². The average Bonchev–Trinajstić information content (AvgIpc) is 3.38. The predicted molar refractivity (Wildman–Crippen MR) is 136 cm³/mol. The van der Waals surface area contributed by atoms with E-state index in [1.165, 1.54) is 23.1 Å². The van der Waals surface area contributed by atoms with Crippen LogP contribution in [0.4, 0.5) is 5.13 Å². The number of hydrogen-bond donors (Lipinski definition) is 2. The normalized spacial score (nSPS) is 12.1. The van der Waals surface area contributed by atoms with E-state index in [0.29, 0.717) is 26.7 Å². The maximum atomic E-state index is 12.7. The number of carbonyl (C=O) groups is 2. The fraction of sp³-hybridized carbons (Fsp3) is 0.261. The van der Waals surface area contributed by atoms with Crippen molar-refractivity contribution in [2.24, 2.45) is 13.0 Å². The number of rotatable bonds is 8. The second-order valence-corrected chi connectivity index (χ2v) is 10.3. The lowest BCUT2D eigenvalue weighted by Crippen LogP contribution is -2.33. The van der Waals surface area contributed by atoms with Crippen LogP contribution < -0.4 is 10.6 Å². The first kappa shape index (κ1) is 24.2. The summed E-state index contributed by atoms with van der Waals surface area (Å²) in [5.41, 5.74) is 1.37. The molecule has 0 aliphatic carbocycles. The molecule has 2 N–H and O–H groups in total. The molecule has 2 aromatic carbocycles. The quantitative estimate of drug-likeness (QED) is 0.323. The number of para-hydroxylation sites is 1. The van der Waals surface area contributed by atoms with E-state index in [1.807, 2.05) is 49.7 Å². The zero-order valence-electron chi connectivity index (χ0n) is 18.8. The highest BCUT2D eigenvalue weighted by molar-refractivity contribution is 7.99. The molecular formula is C23H23ClN6O2S2. The molecule has 0 saturated carbocycles. The number of nitrogens with zero attached hydrogens (tertiary/aromatic N) is 4. The van der Waals surface area contributed by atoms with Gasteiger partial charge in [0.05, 0.1) is 22.0 Å². The fourth-order valence-corrected chi connectivity index (χ4v) is 5.02. The molecule has 8 nitrogen and oxygen atoms in total. The van der Waals surface area contributed by atoms with Crippen molar-refractivity contribution in [3.63, 3.8) is 0 Å². The van der Waals surface area contributed by atoms with Gasteiger partial charge in [0.1, 0.15) is 0 Å². The van der Waals surface area contributed by atoms with Crippen molar-refractivity contribution >= 4 is 61.9 Å². The summed E-state index contributed by atoms with van der Waals surface area (Å²) in [6.45, 7) is 4.00. The molecule has 0 spiro atoms. The van der Waals surface area contributed by atoms with Crippen molar-refractivity contribution in [3.05, 3.63) is 64.9 Å². The van der Waals surface area contributed by atoms with Gasteiger partial charge in [-0.15, -0.1) is 10.2 Å². The van der Waals surface area contributed by atoms with Crippen LogP contribution >= 0.6 is 34.7 Å². The number of hydrogen-bond acceptors (Lipinski definition) is 7. The standard InChI is InChI=1S/C23H23ClN6O2S2/c1-13(2)19(27-21(32)14-8-10-15(24)11-9-14)20-28-29-23(30(20)3)33-12-18(31)26-22-25-16-6-4-5-7-17(16)34-22/h4-11,13,19H,12H2,1-3H3,(H,27,32)(H,25,26,31)/t19-/m0/s1. The van der Waals surface area contributed by atoms with Crippen LogP contribution in [0.25, 0.3) is 10.2 Å². The lowest BCUT2D eigenvalue weighted by Gasteiger charge is -2.21. The van der Waals surface area contributed by atoms with Crippen LogP contribution in [0.1, 0.15) is 36.1 Å². The molecule has 0 radical (unpaired) electrons. The first-order valence-electron chi connectivity index (χ1n) is 10.6. The van der Waals surface area contributed by atoms with Crippen LogP contribution in [0, 0.1) is 5.92 Å². The first-order valence-corrected chi connectivity index (χ1v) is 12.7. The number of fused-ring (bicyclic) bond motifs is 1. The number of aromatic nitrogens is 4. The largest absolute Gasteiger partial charge is 0.342 e. The lowest BCUT2D eigenvalue weighted by atomic mass is 10.0. The van der Waals surface area contributed by atoms with Gasteiger partial charge >= 0.3 is 0 Å². The highest BCUT2D eigenvalue weighted by Gasteiger charge is 2.25. The third-order valence-electron chi connectivity index (χ3n) is 5.08. The molecule has 1 atom stereocenters. The zero-order chi connectivity index (χ0) is 24.2. The third-order valence-corrected chi connectivity index (χ3v) is 7.30. The molecule has 176 valence electrons. The molecule has 2 amide bonds. The van der Waals surface area contributed by atoms with Crippen molar-refractivity contribution in [2.75, 3.05) is 11.1 Å². The molecule has 4 aromatic rings.